The van der Waals surface area contributed by atoms with Crippen LogP contribution in [-0.4, -0.2) is 24.2 Å². The number of nitrogens with one attached hydrogen (secondary N) is 1. The molecule has 106 valence electrons. The molecule has 19 heavy (non-hydrogen) atoms. The van der Waals surface area contributed by atoms with Crippen LogP contribution in [0.4, 0.5) is 0 Å². The second-order valence-corrected chi connectivity index (χ2v) is 5.16. The first-order valence-corrected chi connectivity index (χ1v) is 7.23. The molecule has 2 rings (SSSR count). The Labute approximate surface area is 115 Å². The third-order valence-corrected chi connectivity index (χ3v) is 3.79. The monoisotopic (exact) mass is 264 g/mol. The topological polar surface area (TPSA) is 43.3 Å². The third-order valence-electron chi connectivity index (χ3n) is 3.79. The molecule has 0 amide bonds. The average Bonchev–Trinajstić information content (AvgIpc) is 2.82. The van der Waals surface area contributed by atoms with E-state index < -0.39 is 0 Å². The summed E-state index contributed by atoms with van der Waals surface area (Å²) in [5.74, 6) is -0.123. The van der Waals surface area contributed by atoms with Crippen LogP contribution in [0.3, 0.4) is 0 Å². The zero-order valence-corrected chi connectivity index (χ0v) is 11.9. The maximum atomic E-state index is 11.1. The van der Waals surface area contributed by atoms with Gasteiger partial charge in [0.15, 0.2) is 0 Å². The first-order valence-electron chi connectivity index (χ1n) is 7.23. The summed E-state index contributed by atoms with van der Waals surface area (Å²) in [5, 5.41) is 3.55. The minimum atomic E-state index is -0.123. The predicted octanol–water partition coefficient (Wildman–Crippen LogP) is 2.43. The minimum absolute atomic E-state index is 0.123. The molecule has 1 aromatic rings. The van der Waals surface area contributed by atoms with Crippen molar-refractivity contribution in [1.82, 2.24) is 9.88 Å². The molecule has 1 N–H and O–H groups in total. The number of carbonyl (C=O) groups is 1. The van der Waals surface area contributed by atoms with Gasteiger partial charge in [-0.3, -0.25) is 4.79 Å². The molecular formula is C15H24N2O2. The van der Waals surface area contributed by atoms with Crippen molar-refractivity contribution < 1.29 is 9.53 Å². The Bertz CT molecular complexity index is 426. The Hall–Kier alpha value is -1.29. The Morgan fingerprint density at radius 1 is 1.53 bits per heavy atom. The summed E-state index contributed by atoms with van der Waals surface area (Å²) in [7, 11) is 1.44. The number of aromatic nitrogens is 1. The average molecular weight is 264 g/mol. The van der Waals surface area contributed by atoms with Crippen molar-refractivity contribution in [2.45, 2.75) is 51.6 Å². The van der Waals surface area contributed by atoms with E-state index >= 15 is 0 Å². The van der Waals surface area contributed by atoms with Crippen molar-refractivity contribution in [3.8, 4) is 0 Å². The molecule has 1 aliphatic carbocycles. The Morgan fingerprint density at radius 3 is 3.11 bits per heavy atom. The fourth-order valence-electron chi connectivity index (χ4n) is 2.84. The summed E-state index contributed by atoms with van der Waals surface area (Å²) >= 11 is 0. The molecule has 4 heteroatoms. The number of methoxy groups -OCH3 is 1. The van der Waals surface area contributed by atoms with Crippen LogP contribution >= 0.6 is 0 Å². The minimum Gasteiger partial charge on any atom is -0.469 e. The number of nitrogens with zero attached hydrogens (tertiary/aromatic N) is 1. The van der Waals surface area contributed by atoms with Gasteiger partial charge in [-0.15, -0.1) is 0 Å². The highest BCUT2D eigenvalue weighted by atomic mass is 16.5. The van der Waals surface area contributed by atoms with Gasteiger partial charge in [0.05, 0.1) is 7.11 Å². The highest BCUT2D eigenvalue weighted by molar-refractivity contribution is 5.68. The predicted molar refractivity (Wildman–Crippen MR) is 75.0 cm³/mol. The van der Waals surface area contributed by atoms with E-state index in [0.29, 0.717) is 12.5 Å². The van der Waals surface area contributed by atoms with Gasteiger partial charge in [-0.25, -0.2) is 0 Å². The van der Waals surface area contributed by atoms with E-state index in [0.717, 1.165) is 19.5 Å². The number of hydrogen-bond acceptors (Lipinski definition) is 3. The van der Waals surface area contributed by atoms with Gasteiger partial charge >= 0.3 is 5.97 Å². The van der Waals surface area contributed by atoms with Crippen LogP contribution in [0.15, 0.2) is 12.4 Å². The Morgan fingerprint density at radius 2 is 2.37 bits per heavy atom. The Balaban J connectivity index is 1.95. The number of aryl methyl sites for hydroxylation is 2. The van der Waals surface area contributed by atoms with Gasteiger partial charge in [0.1, 0.15) is 0 Å². The number of esters is 1. The fourth-order valence-corrected chi connectivity index (χ4v) is 2.84. The van der Waals surface area contributed by atoms with Gasteiger partial charge in [-0.1, -0.05) is 6.92 Å². The summed E-state index contributed by atoms with van der Waals surface area (Å²) in [5.41, 5.74) is 2.92. The highest BCUT2D eigenvalue weighted by Crippen LogP contribution is 2.30. The number of carbonyl (C=O) groups excluding carboxylic acids is 1. The van der Waals surface area contributed by atoms with E-state index in [1.165, 1.54) is 37.5 Å². The van der Waals surface area contributed by atoms with Gasteiger partial charge in [-0.2, -0.15) is 0 Å². The van der Waals surface area contributed by atoms with E-state index in [2.05, 4.69) is 33.9 Å². The van der Waals surface area contributed by atoms with E-state index in [4.69, 9.17) is 0 Å². The van der Waals surface area contributed by atoms with Crippen molar-refractivity contribution in [2.24, 2.45) is 0 Å². The fraction of sp³-hybridized carbons (Fsp3) is 0.667. The van der Waals surface area contributed by atoms with Gasteiger partial charge in [0.2, 0.25) is 0 Å². The maximum absolute atomic E-state index is 11.1. The molecule has 0 spiro atoms. The quantitative estimate of drug-likeness (QED) is 0.802. The van der Waals surface area contributed by atoms with Crippen molar-refractivity contribution in [3.05, 3.63) is 23.5 Å². The number of rotatable bonds is 6. The summed E-state index contributed by atoms with van der Waals surface area (Å²) in [6.07, 6.45) is 9.50. The summed E-state index contributed by atoms with van der Waals surface area (Å²) < 4.78 is 6.89. The standard InChI is InChI=1S/C15H24N2O2/c1-3-16-14-7-4-6-12-10-17(11-13(12)14)9-5-8-15(18)19-2/h10-11,14,16H,3-9H2,1-2H3. The van der Waals surface area contributed by atoms with Crippen molar-refractivity contribution in [1.29, 1.82) is 0 Å². The summed E-state index contributed by atoms with van der Waals surface area (Å²) in [4.78, 5) is 11.1. The molecule has 1 aromatic heterocycles. The zero-order valence-electron chi connectivity index (χ0n) is 11.9. The summed E-state index contributed by atoms with van der Waals surface area (Å²) in [6, 6.07) is 0.510. The molecular weight excluding hydrogens is 240 g/mol. The molecule has 0 bridgehead atoms. The maximum Gasteiger partial charge on any atom is 0.305 e. The van der Waals surface area contributed by atoms with E-state index in [9.17, 15) is 4.79 Å². The molecule has 0 saturated heterocycles. The number of hydrogen-bond donors (Lipinski definition) is 1. The smallest absolute Gasteiger partial charge is 0.305 e. The molecule has 1 aliphatic rings. The van der Waals surface area contributed by atoms with Crippen molar-refractivity contribution in [2.75, 3.05) is 13.7 Å². The van der Waals surface area contributed by atoms with Crippen LogP contribution in [0, 0.1) is 0 Å². The normalized spacial score (nSPS) is 18.1. The van der Waals surface area contributed by atoms with Crippen molar-refractivity contribution in [3.63, 3.8) is 0 Å². The van der Waals surface area contributed by atoms with Gasteiger partial charge in [-0.05, 0) is 43.4 Å². The number of ether oxygens (including phenoxy) is 1. The lowest BCUT2D eigenvalue weighted by molar-refractivity contribution is -0.140. The van der Waals surface area contributed by atoms with Crippen LogP contribution in [-0.2, 0) is 22.5 Å². The molecule has 0 aromatic carbocycles. The van der Waals surface area contributed by atoms with E-state index in [-0.39, 0.29) is 5.97 Å². The first kappa shape index (κ1) is 14.1. The second-order valence-electron chi connectivity index (χ2n) is 5.16. The molecule has 1 atom stereocenters. The molecule has 1 unspecified atom stereocenters. The lowest BCUT2D eigenvalue weighted by atomic mass is 9.91. The van der Waals surface area contributed by atoms with E-state index in [1.54, 1.807) is 0 Å². The van der Waals surface area contributed by atoms with Crippen molar-refractivity contribution >= 4 is 5.97 Å². The molecule has 0 fully saturated rings. The molecule has 1 heterocycles. The lowest BCUT2D eigenvalue weighted by Crippen LogP contribution is -2.23. The lowest BCUT2D eigenvalue weighted by Gasteiger charge is -2.22. The van der Waals surface area contributed by atoms with Crippen LogP contribution in [0.2, 0.25) is 0 Å². The zero-order chi connectivity index (χ0) is 13.7. The molecule has 0 saturated carbocycles. The van der Waals surface area contributed by atoms with Gasteiger partial charge < -0.3 is 14.6 Å². The first-order chi connectivity index (χ1) is 9.24. The second kappa shape index (κ2) is 6.75. The largest absolute Gasteiger partial charge is 0.469 e. The van der Waals surface area contributed by atoms with Crippen LogP contribution in [0.1, 0.15) is 49.8 Å². The number of fused-ring (bicyclic) bond motifs is 1. The Kier molecular flexibility index (Phi) is 5.02. The molecule has 4 nitrogen and oxygen atoms in total. The third kappa shape index (κ3) is 3.60. The molecule has 0 radical (unpaired) electrons. The molecule has 0 aliphatic heterocycles. The van der Waals surface area contributed by atoms with E-state index in [1.807, 2.05) is 0 Å². The van der Waals surface area contributed by atoms with Crippen LogP contribution in [0.25, 0.3) is 0 Å². The van der Waals surface area contributed by atoms with Gasteiger partial charge in [0, 0.05) is 31.4 Å². The van der Waals surface area contributed by atoms with Crippen LogP contribution < -0.4 is 5.32 Å². The van der Waals surface area contributed by atoms with Gasteiger partial charge in [0.25, 0.3) is 0 Å². The SMILES string of the molecule is CCNC1CCCc2cn(CCCC(=O)OC)cc21. The highest BCUT2D eigenvalue weighted by Gasteiger charge is 2.21. The van der Waals surface area contributed by atoms with Crippen LogP contribution in [0.5, 0.6) is 0 Å². The summed E-state index contributed by atoms with van der Waals surface area (Å²) in [6.45, 7) is 4.06.